The minimum atomic E-state index is -0.142. The molecular formula is C15H15N3OS2. The van der Waals surface area contributed by atoms with E-state index in [0.29, 0.717) is 17.1 Å². The molecule has 1 amide bonds. The highest BCUT2D eigenvalue weighted by molar-refractivity contribution is 7.21. The van der Waals surface area contributed by atoms with Gasteiger partial charge < -0.3 is 11.1 Å². The zero-order chi connectivity index (χ0) is 15.0. The summed E-state index contributed by atoms with van der Waals surface area (Å²) in [5, 5.41) is 6.78. The lowest BCUT2D eigenvalue weighted by Crippen LogP contribution is -2.22. The topological polar surface area (TPSA) is 68.0 Å². The lowest BCUT2D eigenvalue weighted by atomic mass is 10.1. The SMILES string of the molecule is Cc1ccc2sc(C(=O)NCc3csc(C)n3)c(N)c2c1. The molecule has 0 aliphatic rings. The molecule has 0 unspecified atom stereocenters. The molecule has 0 fully saturated rings. The van der Waals surface area contributed by atoms with Crippen molar-refractivity contribution in [3.8, 4) is 0 Å². The molecule has 0 bridgehead atoms. The summed E-state index contributed by atoms with van der Waals surface area (Å²) in [5.41, 5.74) is 8.69. The minimum Gasteiger partial charge on any atom is -0.397 e. The number of nitrogens with zero attached hydrogens (tertiary/aromatic N) is 1. The molecule has 6 heteroatoms. The van der Waals surface area contributed by atoms with Crippen LogP contribution in [0.15, 0.2) is 23.6 Å². The van der Waals surface area contributed by atoms with E-state index >= 15 is 0 Å². The fourth-order valence-electron chi connectivity index (χ4n) is 2.14. The molecule has 1 aromatic carbocycles. The van der Waals surface area contributed by atoms with Crippen LogP contribution in [0.5, 0.6) is 0 Å². The molecule has 21 heavy (non-hydrogen) atoms. The number of carbonyl (C=O) groups excluding carboxylic acids is 1. The average molecular weight is 317 g/mol. The van der Waals surface area contributed by atoms with Gasteiger partial charge in [-0.1, -0.05) is 11.6 Å². The molecule has 0 radical (unpaired) electrons. The van der Waals surface area contributed by atoms with Crippen LogP contribution >= 0.6 is 22.7 Å². The standard InChI is InChI=1S/C15H15N3OS2/c1-8-3-4-12-11(5-8)13(16)14(21-12)15(19)17-6-10-7-20-9(2)18-10/h3-5,7H,6,16H2,1-2H3,(H,17,19). The van der Waals surface area contributed by atoms with Gasteiger partial charge in [-0.15, -0.1) is 22.7 Å². The van der Waals surface area contributed by atoms with E-state index < -0.39 is 0 Å². The Bertz CT molecular complexity index is 820. The van der Waals surface area contributed by atoms with E-state index in [1.807, 2.05) is 37.4 Å². The summed E-state index contributed by atoms with van der Waals surface area (Å²) in [6.07, 6.45) is 0. The Morgan fingerprint density at radius 1 is 1.38 bits per heavy atom. The van der Waals surface area contributed by atoms with Crippen molar-refractivity contribution < 1.29 is 4.79 Å². The molecule has 4 nitrogen and oxygen atoms in total. The van der Waals surface area contributed by atoms with Gasteiger partial charge in [-0.05, 0) is 26.0 Å². The highest BCUT2D eigenvalue weighted by Crippen LogP contribution is 2.34. The Morgan fingerprint density at radius 2 is 2.19 bits per heavy atom. The largest absolute Gasteiger partial charge is 0.397 e. The number of nitrogens with two attached hydrogens (primary N) is 1. The van der Waals surface area contributed by atoms with Gasteiger partial charge in [0.1, 0.15) is 4.88 Å². The first kappa shape index (κ1) is 14.0. The summed E-state index contributed by atoms with van der Waals surface area (Å²) in [4.78, 5) is 17.2. The molecule has 0 aliphatic carbocycles. The molecule has 2 aromatic heterocycles. The lowest BCUT2D eigenvalue weighted by molar-refractivity contribution is 0.0955. The summed E-state index contributed by atoms with van der Waals surface area (Å²) in [6.45, 7) is 4.39. The van der Waals surface area contributed by atoms with Gasteiger partial charge in [0, 0.05) is 15.5 Å². The number of rotatable bonds is 3. The number of thiophene rings is 1. The summed E-state index contributed by atoms with van der Waals surface area (Å²) < 4.78 is 1.03. The van der Waals surface area contributed by atoms with Crippen LogP contribution in [-0.4, -0.2) is 10.9 Å². The molecule has 0 saturated heterocycles. The first-order valence-corrected chi connectivity index (χ1v) is 8.22. The average Bonchev–Trinajstić information content (AvgIpc) is 3.01. The molecule has 108 valence electrons. The third-order valence-corrected chi connectivity index (χ3v) is 5.19. The number of hydrogen-bond acceptors (Lipinski definition) is 5. The van der Waals surface area contributed by atoms with Crippen LogP contribution in [-0.2, 0) is 6.54 Å². The Labute approximate surface area is 130 Å². The second kappa shape index (κ2) is 5.46. The molecule has 2 heterocycles. The van der Waals surface area contributed by atoms with Gasteiger partial charge in [-0.25, -0.2) is 4.98 Å². The number of aryl methyl sites for hydroxylation is 2. The normalized spacial score (nSPS) is 11.0. The first-order chi connectivity index (χ1) is 10.0. The smallest absolute Gasteiger partial charge is 0.263 e. The van der Waals surface area contributed by atoms with Crippen LogP contribution in [0.3, 0.4) is 0 Å². The maximum atomic E-state index is 12.3. The molecule has 0 spiro atoms. The second-order valence-corrected chi connectivity index (χ2v) is 7.00. The minimum absolute atomic E-state index is 0.142. The van der Waals surface area contributed by atoms with Gasteiger partial charge in [0.2, 0.25) is 0 Å². The monoisotopic (exact) mass is 317 g/mol. The lowest BCUT2D eigenvalue weighted by Gasteiger charge is -2.02. The molecule has 0 saturated carbocycles. The van der Waals surface area contributed by atoms with Gasteiger partial charge in [-0.3, -0.25) is 4.79 Å². The number of thiazole rings is 1. The number of nitrogens with one attached hydrogen (secondary N) is 1. The molecule has 3 N–H and O–H groups in total. The third-order valence-electron chi connectivity index (χ3n) is 3.18. The van der Waals surface area contributed by atoms with Gasteiger partial charge in [0.05, 0.1) is 22.9 Å². The van der Waals surface area contributed by atoms with Gasteiger partial charge >= 0.3 is 0 Å². The van der Waals surface area contributed by atoms with Crippen molar-refractivity contribution in [3.05, 3.63) is 44.7 Å². The van der Waals surface area contributed by atoms with E-state index in [1.165, 1.54) is 11.3 Å². The van der Waals surface area contributed by atoms with E-state index in [0.717, 1.165) is 26.4 Å². The van der Waals surface area contributed by atoms with Crippen LogP contribution < -0.4 is 11.1 Å². The highest BCUT2D eigenvalue weighted by Gasteiger charge is 2.16. The number of anilines is 1. The molecule has 3 rings (SSSR count). The van der Waals surface area contributed by atoms with E-state index in [-0.39, 0.29) is 5.91 Å². The van der Waals surface area contributed by atoms with Crippen LogP contribution in [0.25, 0.3) is 10.1 Å². The van der Waals surface area contributed by atoms with Crippen molar-refractivity contribution in [2.24, 2.45) is 0 Å². The Balaban J connectivity index is 1.82. The summed E-state index contributed by atoms with van der Waals surface area (Å²) >= 11 is 3.00. The molecule has 0 aliphatic heterocycles. The number of fused-ring (bicyclic) bond motifs is 1. The van der Waals surface area contributed by atoms with Gasteiger partial charge in [0.25, 0.3) is 5.91 Å². The zero-order valence-electron chi connectivity index (χ0n) is 11.8. The number of aromatic nitrogens is 1. The van der Waals surface area contributed by atoms with Gasteiger partial charge in [-0.2, -0.15) is 0 Å². The van der Waals surface area contributed by atoms with E-state index in [1.54, 1.807) is 11.3 Å². The van der Waals surface area contributed by atoms with Crippen LogP contribution in [0.4, 0.5) is 5.69 Å². The van der Waals surface area contributed by atoms with E-state index in [4.69, 9.17) is 5.73 Å². The molecular weight excluding hydrogens is 302 g/mol. The molecule has 0 atom stereocenters. The number of amides is 1. The van der Waals surface area contributed by atoms with Crippen molar-refractivity contribution in [1.29, 1.82) is 0 Å². The number of nitrogen functional groups attached to an aromatic ring is 1. The molecule has 3 aromatic rings. The quantitative estimate of drug-likeness (QED) is 0.777. The number of hydrogen-bond donors (Lipinski definition) is 2. The van der Waals surface area contributed by atoms with Crippen molar-refractivity contribution in [2.45, 2.75) is 20.4 Å². The van der Waals surface area contributed by atoms with Crippen molar-refractivity contribution in [3.63, 3.8) is 0 Å². The predicted molar refractivity (Wildman–Crippen MR) is 89.0 cm³/mol. The summed E-state index contributed by atoms with van der Waals surface area (Å²) in [7, 11) is 0. The number of benzene rings is 1. The Morgan fingerprint density at radius 3 is 2.90 bits per heavy atom. The van der Waals surface area contributed by atoms with Crippen molar-refractivity contribution in [1.82, 2.24) is 10.3 Å². The van der Waals surface area contributed by atoms with E-state index in [9.17, 15) is 4.79 Å². The predicted octanol–water partition coefficient (Wildman–Crippen LogP) is 3.49. The van der Waals surface area contributed by atoms with Gasteiger partial charge in [0.15, 0.2) is 0 Å². The van der Waals surface area contributed by atoms with Crippen molar-refractivity contribution >= 4 is 44.4 Å². The first-order valence-electron chi connectivity index (χ1n) is 6.52. The zero-order valence-corrected chi connectivity index (χ0v) is 13.4. The van der Waals surface area contributed by atoms with Crippen LogP contribution in [0.1, 0.15) is 25.9 Å². The fraction of sp³-hybridized carbons (Fsp3) is 0.200. The van der Waals surface area contributed by atoms with Crippen molar-refractivity contribution in [2.75, 3.05) is 5.73 Å². The highest BCUT2D eigenvalue weighted by atomic mass is 32.1. The van der Waals surface area contributed by atoms with Crippen LogP contribution in [0.2, 0.25) is 0 Å². The second-order valence-electron chi connectivity index (χ2n) is 4.89. The Kier molecular flexibility index (Phi) is 3.65. The summed E-state index contributed by atoms with van der Waals surface area (Å²) in [6, 6.07) is 6.05. The maximum Gasteiger partial charge on any atom is 0.263 e. The summed E-state index contributed by atoms with van der Waals surface area (Å²) in [5.74, 6) is -0.142. The van der Waals surface area contributed by atoms with E-state index in [2.05, 4.69) is 10.3 Å². The fourth-order valence-corrected chi connectivity index (χ4v) is 3.77. The maximum absolute atomic E-state index is 12.3. The Hall–Kier alpha value is -1.92. The number of carbonyl (C=O) groups is 1. The third kappa shape index (κ3) is 2.77. The van der Waals surface area contributed by atoms with Crippen LogP contribution in [0, 0.1) is 13.8 Å².